The van der Waals surface area contributed by atoms with Crippen LogP contribution in [0.3, 0.4) is 0 Å². The van der Waals surface area contributed by atoms with Crippen LogP contribution in [0.1, 0.15) is 25.1 Å². The van der Waals surface area contributed by atoms with E-state index in [0.29, 0.717) is 18.5 Å². The number of nitrogens with zero attached hydrogens (tertiary/aromatic N) is 1. The molecule has 5 heteroatoms. The maximum atomic E-state index is 13.6. The monoisotopic (exact) mass is 292 g/mol. The molecule has 0 spiro atoms. The molecule has 0 aliphatic rings. The minimum absolute atomic E-state index is 0.0442. The van der Waals surface area contributed by atoms with Crippen LogP contribution in [-0.4, -0.2) is 11.0 Å². The third-order valence-corrected chi connectivity index (χ3v) is 2.81. The second-order valence-corrected chi connectivity index (χ2v) is 5.17. The number of nitrogens with one attached hydrogen (secondary N) is 1. The fourth-order valence-corrected chi connectivity index (χ4v) is 1.85. The maximum absolute atomic E-state index is 13.6. The van der Waals surface area contributed by atoms with Gasteiger partial charge in [-0.25, -0.2) is 13.8 Å². The Kier molecular flexibility index (Phi) is 4.85. The van der Waals surface area contributed by atoms with E-state index in [4.69, 9.17) is 4.74 Å². The molecule has 0 aliphatic heterocycles. The molecule has 1 heterocycles. The fourth-order valence-electron chi connectivity index (χ4n) is 1.85. The van der Waals surface area contributed by atoms with Crippen LogP contribution in [-0.2, 0) is 6.54 Å². The van der Waals surface area contributed by atoms with Gasteiger partial charge in [-0.2, -0.15) is 0 Å². The molecule has 112 valence electrons. The maximum Gasteiger partial charge on any atom is 0.219 e. The van der Waals surface area contributed by atoms with Gasteiger partial charge in [0.25, 0.3) is 0 Å². The number of aryl methyl sites for hydroxylation is 1. The summed E-state index contributed by atoms with van der Waals surface area (Å²) in [5.74, 6) is -1.14. The molecule has 0 radical (unpaired) electrons. The fraction of sp³-hybridized carbons (Fsp3) is 0.312. The minimum atomic E-state index is -0.750. The second kappa shape index (κ2) is 6.63. The molecule has 1 N–H and O–H groups in total. The number of ether oxygens (including phenoxy) is 1. The lowest BCUT2D eigenvalue weighted by atomic mass is 10.2. The largest absolute Gasteiger partial charge is 0.436 e. The molecule has 0 fully saturated rings. The summed E-state index contributed by atoms with van der Waals surface area (Å²) < 4.78 is 31.9. The number of aromatic nitrogens is 1. The van der Waals surface area contributed by atoms with Gasteiger partial charge in [-0.3, -0.25) is 0 Å². The third-order valence-electron chi connectivity index (χ3n) is 2.81. The van der Waals surface area contributed by atoms with Gasteiger partial charge in [0.2, 0.25) is 5.88 Å². The summed E-state index contributed by atoms with van der Waals surface area (Å²) in [6.45, 7) is 6.62. The van der Waals surface area contributed by atoms with Gasteiger partial charge >= 0.3 is 0 Å². The molecule has 2 aromatic rings. The van der Waals surface area contributed by atoms with E-state index >= 15 is 0 Å². The smallest absolute Gasteiger partial charge is 0.219 e. The van der Waals surface area contributed by atoms with E-state index in [1.54, 1.807) is 6.07 Å². The SMILES string of the molecule is Cc1cc(CNC(C)C)cc(Oc2ccc(F)cc2F)n1. The Morgan fingerprint density at radius 3 is 2.62 bits per heavy atom. The molecule has 0 aliphatic carbocycles. The van der Waals surface area contributed by atoms with E-state index in [0.717, 1.165) is 23.4 Å². The first-order chi connectivity index (χ1) is 9.94. The highest BCUT2D eigenvalue weighted by Gasteiger charge is 2.08. The number of rotatable bonds is 5. The Bertz CT molecular complexity index is 630. The number of hydrogen-bond donors (Lipinski definition) is 1. The highest BCUT2D eigenvalue weighted by Crippen LogP contribution is 2.24. The summed E-state index contributed by atoms with van der Waals surface area (Å²) >= 11 is 0. The number of pyridine rings is 1. The van der Waals surface area contributed by atoms with Crippen molar-refractivity contribution in [2.24, 2.45) is 0 Å². The van der Waals surface area contributed by atoms with Gasteiger partial charge in [-0.1, -0.05) is 13.8 Å². The van der Waals surface area contributed by atoms with Crippen molar-refractivity contribution in [2.45, 2.75) is 33.4 Å². The summed E-state index contributed by atoms with van der Waals surface area (Å²) in [5.41, 5.74) is 1.77. The summed E-state index contributed by atoms with van der Waals surface area (Å²) in [4.78, 5) is 4.21. The highest BCUT2D eigenvalue weighted by atomic mass is 19.1. The Balaban J connectivity index is 2.19. The van der Waals surface area contributed by atoms with E-state index in [-0.39, 0.29) is 5.75 Å². The Morgan fingerprint density at radius 2 is 1.95 bits per heavy atom. The molecule has 0 unspecified atom stereocenters. The van der Waals surface area contributed by atoms with Gasteiger partial charge in [0, 0.05) is 30.4 Å². The molecule has 0 amide bonds. The van der Waals surface area contributed by atoms with Crippen LogP contribution in [0.4, 0.5) is 8.78 Å². The summed E-state index contributed by atoms with van der Waals surface area (Å²) in [6.07, 6.45) is 0. The molecule has 0 saturated heterocycles. The van der Waals surface area contributed by atoms with Crippen LogP contribution in [0.15, 0.2) is 30.3 Å². The lowest BCUT2D eigenvalue weighted by Crippen LogP contribution is -2.21. The van der Waals surface area contributed by atoms with Gasteiger partial charge in [-0.15, -0.1) is 0 Å². The van der Waals surface area contributed by atoms with E-state index < -0.39 is 11.6 Å². The van der Waals surface area contributed by atoms with E-state index in [9.17, 15) is 8.78 Å². The van der Waals surface area contributed by atoms with Crippen molar-refractivity contribution in [3.8, 4) is 11.6 Å². The third kappa shape index (κ3) is 4.49. The standard InChI is InChI=1S/C16H18F2N2O/c1-10(2)19-9-12-6-11(3)20-16(7-12)21-15-5-4-13(17)8-14(15)18/h4-8,10,19H,9H2,1-3H3. The first-order valence-corrected chi connectivity index (χ1v) is 6.78. The number of benzene rings is 1. The minimum Gasteiger partial charge on any atom is -0.436 e. The van der Waals surface area contributed by atoms with Gasteiger partial charge in [0.15, 0.2) is 11.6 Å². The van der Waals surface area contributed by atoms with Crippen LogP contribution in [0.5, 0.6) is 11.6 Å². The number of hydrogen-bond acceptors (Lipinski definition) is 3. The lowest BCUT2D eigenvalue weighted by Gasteiger charge is -2.11. The van der Waals surface area contributed by atoms with Crippen LogP contribution in [0, 0.1) is 18.6 Å². The van der Waals surface area contributed by atoms with Gasteiger partial charge in [-0.05, 0) is 30.7 Å². The van der Waals surface area contributed by atoms with Crippen molar-refractivity contribution in [3.05, 3.63) is 53.2 Å². The predicted octanol–water partition coefficient (Wildman–Crippen LogP) is 3.96. The van der Waals surface area contributed by atoms with E-state index in [1.807, 2.05) is 13.0 Å². The molecule has 3 nitrogen and oxygen atoms in total. The zero-order valence-electron chi connectivity index (χ0n) is 12.3. The predicted molar refractivity (Wildman–Crippen MR) is 77.4 cm³/mol. The molecular weight excluding hydrogens is 274 g/mol. The molecule has 21 heavy (non-hydrogen) atoms. The van der Waals surface area contributed by atoms with Gasteiger partial charge < -0.3 is 10.1 Å². The van der Waals surface area contributed by atoms with Gasteiger partial charge in [0.05, 0.1) is 0 Å². The Hall–Kier alpha value is -2.01. The van der Waals surface area contributed by atoms with Gasteiger partial charge in [0.1, 0.15) is 5.82 Å². The average Bonchev–Trinajstić information content (AvgIpc) is 2.39. The van der Waals surface area contributed by atoms with Crippen molar-refractivity contribution in [2.75, 3.05) is 0 Å². The highest BCUT2D eigenvalue weighted by molar-refractivity contribution is 5.32. The molecular formula is C16H18F2N2O. The van der Waals surface area contributed by atoms with Crippen molar-refractivity contribution in [1.82, 2.24) is 10.3 Å². The van der Waals surface area contributed by atoms with Crippen molar-refractivity contribution in [3.63, 3.8) is 0 Å². The second-order valence-electron chi connectivity index (χ2n) is 5.17. The van der Waals surface area contributed by atoms with Crippen molar-refractivity contribution >= 4 is 0 Å². The van der Waals surface area contributed by atoms with Crippen molar-refractivity contribution in [1.29, 1.82) is 0 Å². The Labute approximate surface area is 123 Å². The molecule has 1 aromatic heterocycles. The van der Waals surface area contributed by atoms with Crippen LogP contribution >= 0.6 is 0 Å². The van der Waals surface area contributed by atoms with E-state index in [1.165, 1.54) is 6.07 Å². The summed E-state index contributed by atoms with van der Waals surface area (Å²) in [6, 6.07) is 7.22. The molecule has 0 bridgehead atoms. The zero-order chi connectivity index (χ0) is 15.4. The molecule has 0 saturated carbocycles. The van der Waals surface area contributed by atoms with Crippen LogP contribution < -0.4 is 10.1 Å². The first kappa shape index (κ1) is 15.4. The molecule has 1 aromatic carbocycles. The first-order valence-electron chi connectivity index (χ1n) is 6.78. The molecule has 2 rings (SSSR count). The lowest BCUT2D eigenvalue weighted by molar-refractivity contribution is 0.422. The van der Waals surface area contributed by atoms with E-state index in [2.05, 4.69) is 24.1 Å². The summed E-state index contributed by atoms with van der Waals surface area (Å²) in [5, 5.41) is 3.29. The Morgan fingerprint density at radius 1 is 1.19 bits per heavy atom. The van der Waals surface area contributed by atoms with Crippen LogP contribution in [0.2, 0.25) is 0 Å². The molecule has 0 atom stereocenters. The average molecular weight is 292 g/mol. The summed E-state index contributed by atoms with van der Waals surface area (Å²) in [7, 11) is 0. The topological polar surface area (TPSA) is 34.1 Å². The zero-order valence-corrected chi connectivity index (χ0v) is 12.3. The quantitative estimate of drug-likeness (QED) is 0.905. The van der Waals surface area contributed by atoms with Crippen molar-refractivity contribution < 1.29 is 13.5 Å². The normalized spacial score (nSPS) is 11.0. The van der Waals surface area contributed by atoms with Crippen LogP contribution in [0.25, 0.3) is 0 Å². The number of halogens is 2.